The summed E-state index contributed by atoms with van der Waals surface area (Å²) < 4.78 is 5.93. The molecule has 1 aromatic heterocycles. The van der Waals surface area contributed by atoms with E-state index in [0.717, 1.165) is 41.2 Å². The highest BCUT2D eigenvalue weighted by atomic mass is 16.5. The lowest BCUT2D eigenvalue weighted by molar-refractivity contribution is 0.318. The van der Waals surface area contributed by atoms with Gasteiger partial charge in [0.1, 0.15) is 11.5 Å². The number of aromatic nitrogens is 2. The molecule has 0 amide bonds. The number of hydrogen-bond donors (Lipinski definition) is 1. The van der Waals surface area contributed by atoms with Crippen molar-refractivity contribution in [3.05, 3.63) is 54.2 Å². The minimum absolute atomic E-state index is 0.836. The summed E-state index contributed by atoms with van der Waals surface area (Å²) in [5.74, 6) is 1.68. The van der Waals surface area contributed by atoms with Gasteiger partial charge in [0.2, 0.25) is 0 Å². The second-order valence-corrected chi connectivity index (χ2v) is 5.89. The number of rotatable bonds is 7. The Morgan fingerprint density at radius 3 is 2.70 bits per heavy atom. The van der Waals surface area contributed by atoms with E-state index in [9.17, 15) is 0 Å². The molecule has 23 heavy (non-hydrogen) atoms. The third-order valence-electron chi connectivity index (χ3n) is 3.90. The van der Waals surface area contributed by atoms with Crippen molar-refractivity contribution in [2.45, 2.75) is 26.3 Å². The van der Waals surface area contributed by atoms with Crippen LogP contribution in [0.25, 0.3) is 10.9 Å². The fraction of sp³-hybridized carbons (Fsp3) is 0.316. The summed E-state index contributed by atoms with van der Waals surface area (Å²) in [5.41, 5.74) is 2.11. The van der Waals surface area contributed by atoms with Gasteiger partial charge < -0.3 is 9.64 Å². The Morgan fingerprint density at radius 2 is 1.91 bits per heavy atom. The van der Waals surface area contributed by atoms with Crippen molar-refractivity contribution in [1.29, 1.82) is 0 Å². The number of para-hydroxylation sites is 1. The molecule has 1 N–H and O–H groups in total. The molecule has 0 bridgehead atoms. The summed E-state index contributed by atoms with van der Waals surface area (Å²) in [6, 6.07) is 15.9. The highest BCUT2D eigenvalue weighted by Crippen LogP contribution is 2.26. The first-order valence-electron chi connectivity index (χ1n) is 8.14. The summed E-state index contributed by atoms with van der Waals surface area (Å²) in [4.78, 5) is 2.32. The van der Waals surface area contributed by atoms with Crippen molar-refractivity contribution in [1.82, 2.24) is 15.1 Å². The molecule has 0 radical (unpaired) electrons. The third-order valence-corrected chi connectivity index (χ3v) is 3.90. The molecule has 0 saturated heterocycles. The van der Waals surface area contributed by atoms with Gasteiger partial charge in [-0.25, -0.2) is 0 Å². The topological polar surface area (TPSA) is 41.2 Å². The zero-order valence-electron chi connectivity index (χ0n) is 13.7. The maximum Gasteiger partial charge on any atom is 0.128 e. The van der Waals surface area contributed by atoms with Crippen LogP contribution in [0.3, 0.4) is 0 Å². The minimum atomic E-state index is 0.836. The molecule has 4 nitrogen and oxygen atoms in total. The number of aromatic amines is 1. The third kappa shape index (κ3) is 3.90. The highest BCUT2D eigenvalue weighted by molar-refractivity contribution is 5.82. The number of H-pyrrole nitrogens is 1. The van der Waals surface area contributed by atoms with Gasteiger partial charge in [0, 0.05) is 11.9 Å². The summed E-state index contributed by atoms with van der Waals surface area (Å²) in [6.45, 7) is 4.18. The average Bonchev–Trinajstić information content (AvgIpc) is 2.96. The van der Waals surface area contributed by atoms with E-state index in [1.807, 2.05) is 42.5 Å². The van der Waals surface area contributed by atoms with Crippen molar-refractivity contribution in [3.63, 3.8) is 0 Å². The van der Waals surface area contributed by atoms with Crippen LogP contribution in [0.1, 0.15) is 25.5 Å². The van der Waals surface area contributed by atoms with E-state index in [4.69, 9.17) is 4.74 Å². The second kappa shape index (κ2) is 7.29. The lowest BCUT2D eigenvalue weighted by atomic mass is 10.2. The standard InChI is InChI=1S/C19H23N3O/c1-3-4-12-22(2)14-19-17-13-16(10-11-18(17)20-21-19)23-15-8-6-5-7-9-15/h5-11,13H,3-4,12,14H2,1-2H3,(H,20,21). The predicted molar refractivity (Wildman–Crippen MR) is 93.9 cm³/mol. The van der Waals surface area contributed by atoms with Crippen LogP contribution in [0.5, 0.6) is 11.5 Å². The van der Waals surface area contributed by atoms with Crippen LogP contribution in [-0.2, 0) is 6.54 Å². The van der Waals surface area contributed by atoms with Crippen LogP contribution < -0.4 is 4.74 Å². The van der Waals surface area contributed by atoms with E-state index in [1.54, 1.807) is 0 Å². The molecule has 3 aromatic rings. The van der Waals surface area contributed by atoms with E-state index in [1.165, 1.54) is 12.8 Å². The van der Waals surface area contributed by atoms with Crippen LogP contribution in [0.4, 0.5) is 0 Å². The number of ether oxygens (including phenoxy) is 1. The number of fused-ring (bicyclic) bond motifs is 1. The first kappa shape index (κ1) is 15.6. The summed E-state index contributed by atoms with van der Waals surface area (Å²) >= 11 is 0. The van der Waals surface area contributed by atoms with Crippen LogP contribution in [0.2, 0.25) is 0 Å². The van der Waals surface area contributed by atoms with Gasteiger partial charge in [-0.3, -0.25) is 5.10 Å². The normalized spacial score (nSPS) is 11.3. The molecule has 0 fully saturated rings. The van der Waals surface area contributed by atoms with Crippen molar-refractivity contribution < 1.29 is 4.74 Å². The Bertz CT molecular complexity index is 752. The Hall–Kier alpha value is -2.33. The highest BCUT2D eigenvalue weighted by Gasteiger charge is 2.09. The number of unbranched alkanes of at least 4 members (excludes halogenated alkanes) is 1. The van der Waals surface area contributed by atoms with Gasteiger partial charge in [-0.1, -0.05) is 31.5 Å². The maximum atomic E-state index is 5.93. The Labute approximate surface area is 137 Å². The Kier molecular flexibility index (Phi) is 4.93. The lowest BCUT2D eigenvalue weighted by Crippen LogP contribution is -2.19. The van der Waals surface area contributed by atoms with Gasteiger partial charge in [0.25, 0.3) is 0 Å². The molecule has 0 atom stereocenters. The Morgan fingerprint density at radius 1 is 1.09 bits per heavy atom. The molecule has 120 valence electrons. The zero-order valence-corrected chi connectivity index (χ0v) is 13.7. The minimum Gasteiger partial charge on any atom is -0.457 e. The van der Waals surface area contributed by atoms with Gasteiger partial charge in [0.05, 0.1) is 11.2 Å². The monoisotopic (exact) mass is 309 g/mol. The first-order chi connectivity index (χ1) is 11.3. The summed E-state index contributed by atoms with van der Waals surface area (Å²) in [7, 11) is 2.15. The first-order valence-corrected chi connectivity index (χ1v) is 8.14. The molecule has 1 heterocycles. The van der Waals surface area contributed by atoms with Crippen molar-refractivity contribution in [3.8, 4) is 11.5 Å². The van der Waals surface area contributed by atoms with Gasteiger partial charge in [-0.05, 0) is 50.3 Å². The lowest BCUT2D eigenvalue weighted by Gasteiger charge is -2.15. The molecule has 3 rings (SSSR count). The van der Waals surface area contributed by atoms with Crippen LogP contribution in [-0.4, -0.2) is 28.7 Å². The maximum absolute atomic E-state index is 5.93. The van der Waals surface area contributed by atoms with Crippen molar-refractivity contribution >= 4 is 10.9 Å². The van der Waals surface area contributed by atoms with E-state index in [0.29, 0.717) is 0 Å². The van der Waals surface area contributed by atoms with Gasteiger partial charge in [-0.15, -0.1) is 0 Å². The Balaban J connectivity index is 1.79. The molecular formula is C19H23N3O. The van der Waals surface area contributed by atoms with Crippen LogP contribution in [0, 0.1) is 0 Å². The molecule has 0 aliphatic heterocycles. The van der Waals surface area contributed by atoms with E-state index < -0.39 is 0 Å². The van der Waals surface area contributed by atoms with E-state index in [2.05, 4.69) is 35.1 Å². The average molecular weight is 309 g/mol. The van der Waals surface area contributed by atoms with Crippen LogP contribution >= 0.6 is 0 Å². The molecule has 4 heteroatoms. The second-order valence-electron chi connectivity index (χ2n) is 5.89. The largest absolute Gasteiger partial charge is 0.457 e. The number of nitrogens with one attached hydrogen (secondary N) is 1. The van der Waals surface area contributed by atoms with E-state index in [-0.39, 0.29) is 0 Å². The summed E-state index contributed by atoms with van der Waals surface area (Å²) in [6.07, 6.45) is 2.42. The molecule has 0 aliphatic rings. The van der Waals surface area contributed by atoms with Gasteiger partial charge in [0.15, 0.2) is 0 Å². The van der Waals surface area contributed by atoms with Crippen molar-refractivity contribution in [2.24, 2.45) is 0 Å². The van der Waals surface area contributed by atoms with Crippen molar-refractivity contribution in [2.75, 3.05) is 13.6 Å². The summed E-state index contributed by atoms with van der Waals surface area (Å²) in [5, 5.41) is 8.68. The van der Waals surface area contributed by atoms with Gasteiger partial charge in [-0.2, -0.15) is 5.10 Å². The molecule has 0 unspecified atom stereocenters. The SMILES string of the molecule is CCCCN(C)Cc1[nH]nc2ccc(Oc3ccccc3)cc12. The van der Waals surface area contributed by atoms with Crippen LogP contribution in [0.15, 0.2) is 48.5 Å². The fourth-order valence-corrected chi connectivity index (χ4v) is 2.63. The molecular weight excluding hydrogens is 286 g/mol. The smallest absolute Gasteiger partial charge is 0.128 e. The molecule has 0 aliphatic carbocycles. The van der Waals surface area contributed by atoms with E-state index >= 15 is 0 Å². The van der Waals surface area contributed by atoms with Gasteiger partial charge >= 0.3 is 0 Å². The molecule has 0 spiro atoms. The molecule has 2 aromatic carbocycles. The number of hydrogen-bond acceptors (Lipinski definition) is 3. The fourth-order valence-electron chi connectivity index (χ4n) is 2.63. The number of nitrogens with zero attached hydrogens (tertiary/aromatic N) is 2. The molecule has 0 saturated carbocycles. The predicted octanol–water partition coefficient (Wildman–Crippen LogP) is 4.59. The number of benzene rings is 2. The quantitative estimate of drug-likeness (QED) is 0.694. The zero-order chi connectivity index (χ0) is 16.1.